The molecule has 32 heavy (non-hydrogen) atoms. The molecule has 0 saturated heterocycles. The van der Waals surface area contributed by atoms with Crippen molar-refractivity contribution >= 4 is 38.5 Å². The fourth-order valence-corrected chi connectivity index (χ4v) is 4.02. The highest BCUT2D eigenvalue weighted by molar-refractivity contribution is 9.10. The number of nitrogens with one attached hydrogen (secondary N) is 1. The van der Waals surface area contributed by atoms with E-state index in [9.17, 15) is 9.59 Å². The highest BCUT2D eigenvalue weighted by Crippen LogP contribution is 2.33. The number of ether oxygens (including phenoxy) is 1. The van der Waals surface area contributed by atoms with Crippen LogP contribution in [0, 0.1) is 6.92 Å². The van der Waals surface area contributed by atoms with Gasteiger partial charge >= 0.3 is 0 Å². The molecule has 0 fully saturated rings. The van der Waals surface area contributed by atoms with Crippen LogP contribution in [-0.4, -0.2) is 35.9 Å². The minimum atomic E-state index is -0.612. The van der Waals surface area contributed by atoms with E-state index in [0.29, 0.717) is 18.8 Å². The molecular weight excluding hydrogens is 468 g/mol. The van der Waals surface area contributed by atoms with Gasteiger partial charge in [-0.1, -0.05) is 67.1 Å². The molecule has 0 aliphatic heterocycles. The van der Waals surface area contributed by atoms with Crippen molar-refractivity contribution in [3.63, 3.8) is 0 Å². The van der Waals surface area contributed by atoms with Gasteiger partial charge in [0.2, 0.25) is 5.91 Å². The van der Waals surface area contributed by atoms with Gasteiger partial charge in [0, 0.05) is 13.1 Å². The predicted octanol–water partition coefficient (Wildman–Crippen LogP) is 5.23. The Kier molecular flexibility index (Phi) is 8.28. The average molecular weight is 497 g/mol. The zero-order valence-corrected chi connectivity index (χ0v) is 20.3. The molecule has 3 aromatic carbocycles. The molecule has 0 bridgehead atoms. The minimum absolute atomic E-state index is 0.159. The van der Waals surface area contributed by atoms with Crippen LogP contribution >= 0.6 is 15.9 Å². The average Bonchev–Trinajstić information content (AvgIpc) is 2.81. The molecule has 3 rings (SSSR count). The summed E-state index contributed by atoms with van der Waals surface area (Å²) in [5, 5.41) is 4.98. The van der Waals surface area contributed by atoms with Gasteiger partial charge in [-0.05, 0) is 58.6 Å². The SMILES string of the molecule is CCCNC(=O)C(C)N(Cc1ccc(C)cc1)C(=O)COc1ccc2ccccc2c1Br. The van der Waals surface area contributed by atoms with Crippen molar-refractivity contribution in [2.24, 2.45) is 0 Å². The van der Waals surface area contributed by atoms with Crippen molar-refractivity contribution in [3.05, 3.63) is 76.3 Å². The quantitative estimate of drug-likeness (QED) is 0.440. The number of carbonyl (C=O) groups excluding carboxylic acids is 2. The smallest absolute Gasteiger partial charge is 0.261 e. The van der Waals surface area contributed by atoms with Crippen molar-refractivity contribution in [3.8, 4) is 5.75 Å². The van der Waals surface area contributed by atoms with Crippen molar-refractivity contribution in [2.45, 2.75) is 39.8 Å². The Hall–Kier alpha value is -2.86. The molecule has 0 aliphatic carbocycles. The number of halogens is 1. The second kappa shape index (κ2) is 11.1. The zero-order chi connectivity index (χ0) is 23.1. The van der Waals surface area contributed by atoms with Crippen molar-refractivity contribution in [1.29, 1.82) is 0 Å². The lowest BCUT2D eigenvalue weighted by Crippen LogP contribution is -2.49. The van der Waals surface area contributed by atoms with Gasteiger partial charge in [-0.3, -0.25) is 9.59 Å². The highest BCUT2D eigenvalue weighted by atomic mass is 79.9. The molecule has 1 atom stereocenters. The van der Waals surface area contributed by atoms with E-state index >= 15 is 0 Å². The zero-order valence-electron chi connectivity index (χ0n) is 18.7. The molecule has 0 aliphatic rings. The summed E-state index contributed by atoms with van der Waals surface area (Å²) in [6, 6.07) is 19.1. The predicted molar refractivity (Wildman–Crippen MR) is 132 cm³/mol. The van der Waals surface area contributed by atoms with E-state index in [1.54, 1.807) is 11.8 Å². The van der Waals surface area contributed by atoms with E-state index in [-0.39, 0.29) is 18.4 Å². The summed E-state index contributed by atoms with van der Waals surface area (Å²) in [6.45, 7) is 6.52. The number of rotatable bonds is 9. The summed E-state index contributed by atoms with van der Waals surface area (Å²) in [6.07, 6.45) is 0.837. The van der Waals surface area contributed by atoms with E-state index < -0.39 is 6.04 Å². The standard InChI is InChI=1S/C26H29BrN2O3/c1-4-15-28-26(31)19(3)29(16-20-11-9-18(2)10-12-20)24(30)17-32-23-14-13-21-7-5-6-8-22(21)25(23)27/h5-14,19H,4,15-17H2,1-3H3,(H,28,31). The molecule has 0 heterocycles. The fraction of sp³-hybridized carbons (Fsp3) is 0.308. The molecule has 6 heteroatoms. The Bertz CT molecular complexity index is 1080. The van der Waals surface area contributed by atoms with Crippen LogP contribution in [0.3, 0.4) is 0 Å². The van der Waals surface area contributed by atoms with E-state index in [0.717, 1.165) is 32.8 Å². The largest absolute Gasteiger partial charge is 0.483 e. The van der Waals surface area contributed by atoms with Gasteiger partial charge in [0.05, 0.1) is 4.47 Å². The van der Waals surface area contributed by atoms with Crippen LogP contribution in [0.4, 0.5) is 0 Å². The molecule has 5 nitrogen and oxygen atoms in total. The summed E-state index contributed by atoms with van der Waals surface area (Å²) in [5.74, 6) is 0.180. The Labute approximate surface area is 197 Å². The second-order valence-corrected chi connectivity index (χ2v) is 8.65. The van der Waals surface area contributed by atoms with Gasteiger partial charge in [0.1, 0.15) is 11.8 Å². The van der Waals surface area contributed by atoms with Crippen molar-refractivity contribution in [1.82, 2.24) is 10.2 Å². The van der Waals surface area contributed by atoms with Gasteiger partial charge in [0.25, 0.3) is 5.91 Å². The number of carbonyl (C=O) groups is 2. The first-order valence-electron chi connectivity index (χ1n) is 10.8. The normalized spacial score (nSPS) is 11.8. The molecule has 168 valence electrons. The Morgan fingerprint density at radius 3 is 2.50 bits per heavy atom. The van der Waals surface area contributed by atoms with E-state index in [1.165, 1.54) is 0 Å². The van der Waals surface area contributed by atoms with Crippen LogP contribution in [0.2, 0.25) is 0 Å². The molecular formula is C26H29BrN2O3. The van der Waals surface area contributed by atoms with Crippen molar-refractivity contribution in [2.75, 3.05) is 13.2 Å². The molecule has 1 unspecified atom stereocenters. The van der Waals surface area contributed by atoms with Gasteiger partial charge < -0.3 is 15.0 Å². The Morgan fingerprint density at radius 1 is 1.06 bits per heavy atom. The van der Waals surface area contributed by atoms with Crippen LogP contribution in [-0.2, 0) is 16.1 Å². The summed E-state index contributed by atoms with van der Waals surface area (Å²) in [4.78, 5) is 27.4. The third kappa shape index (κ3) is 5.88. The Morgan fingerprint density at radius 2 is 1.78 bits per heavy atom. The molecule has 2 amide bonds. The van der Waals surface area contributed by atoms with E-state index in [4.69, 9.17) is 4.74 Å². The lowest BCUT2D eigenvalue weighted by atomic mass is 10.1. The summed E-state index contributed by atoms with van der Waals surface area (Å²) in [5.41, 5.74) is 2.11. The van der Waals surface area contributed by atoms with E-state index in [2.05, 4.69) is 21.2 Å². The van der Waals surface area contributed by atoms with Gasteiger partial charge in [0.15, 0.2) is 6.61 Å². The van der Waals surface area contributed by atoms with Gasteiger partial charge in [-0.2, -0.15) is 0 Å². The van der Waals surface area contributed by atoms with Crippen LogP contribution in [0.15, 0.2) is 65.1 Å². The van der Waals surface area contributed by atoms with Crippen LogP contribution in [0.5, 0.6) is 5.75 Å². The number of nitrogens with zero attached hydrogens (tertiary/aromatic N) is 1. The third-order valence-electron chi connectivity index (χ3n) is 5.37. The van der Waals surface area contributed by atoms with Crippen molar-refractivity contribution < 1.29 is 14.3 Å². The fourth-order valence-electron chi connectivity index (χ4n) is 3.42. The lowest BCUT2D eigenvalue weighted by molar-refractivity contribution is -0.142. The molecule has 0 spiro atoms. The molecule has 0 aromatic heterocycles. The number of fused-ring (bicyclic) bond motifs is 1. The summed E-state index contributed by atoms with van der Waals surface area (Å²) < 4.78 is 6.69. The third-order valence-corrected chi connectivity index (χ3v) is 6.19. The minimum Gasteiger partial charge on any atom is -0.483 e. The molecule has 0 radical (unpaired) electrons. The maximum absolute atomic E-state index is 13.2. The topological polar surface area (TPSA) is 58.6 Å². The monoisotopic (exact) mass is 496 g/mol. The summed E-state index contributed by atoms with van der Waals surface area (Å²) >= 11 is 3.60. The first kappa shape index (κ1) is 23.8. The maximum Gasteiger partial charge on any atom is 0.261 e. The molecule has 1 N–H and O–H groups in total. The van der Waals surface area contributed by atoms with Crippen LogP contribution in [0.25, 0.3) is 10.8 Å². The van der Waals surface area contributed by atoms with Gasteiger partial charge in [-0.25, -0.2) is 0 Å². The van der Waals surface area contributed by atoms with E-state index in [1.807, 2.05) is 74.5 Å². The number of benzene rings is 3. The number of hydrogen-bond donors (Lipinski definition) is 1. The van der Waals surface area contributed by atoms with Crippen LogP contribution < -0.4 is 10.1 Å². The summed E-state index contributed by atoms with van der Waals surface area (Å²) in [7, 11) is 0. The number of amides is 2. The first-order chi connectivity index (χ1) is 15.4. The lowest BCUT2D eigenvalue weighted by Gasteiger charge is -2.29. The second-order valence-electron chi connectivity index (χ2n) is 7.86. The van der Waals surface area contributed by atoms with Gasteiger partial charge in [-0.15, -0.1) is 0 Å². The Balaban J connectivity index is 1.77. The molecule has 0 saturated carbocycles. The maximum atomic E-state index is 13.2. The number of hydrogen-bond acceptors (Lipinski definition) is 3. The van der Waals surface area contributed by atoms with Crippen LogP contribution in [0.1, 0.15) is 31.4 Å². The molecule has 3 aromatic rings. The first-order valence-corrected chi connectivity index (χ1v) is 11.6. The highest BCUT2D eigenvalue weighted by Gasteiger charge is 2.26. The number of aryl methyl sites for hydroxylation is 1.